The SMILES string of the molecule is CCC1c2nnc(C)n2-c2cnc(-c3ccncc3CNC(=O)c3ccccc3)nc2N1C1CCCC1. The van der Waals surface area contributed by atoms with E-state index >= 15 is 0 Å². The van der Waals surface area contributed by atoms with E-state index in [0.717, 1.165) is 53.5 Å². The van der Waals surface area contributed by atoms with Crippen LogP contribution in [0, 0.1) is 6.92 Å². The van der Waals surface area contributed by atoms with Crippen LogP contribution in [-0.2, 0) is 6.54 Å². The van der Waals surface area contributed by atoms with Gasteiger partial charge in [0.25, 0.3) is 5.91 Å². The zero-order chi connectivity index (χ0) is 25.4. The van der Waals surface area contributed by atoms with E-state index in [0.29, 0.717) is 24.0 Å². The first-order chi connectivity index (χ1) is 18.2. The van der Waals surface area contributed by atoms with E-state index in [2.05, 4.69) is 36.9 Å². The van der Waals surface area contributed by atoms with Gasteiger partial charge in [0.15, 0.2) is 17.5 Å². The molecule has 4 aromatic rings. The van der Waals surface area contributed by atoms with Crippen molar-refractivity contribution < 1.29 is 4.79 Å². The Labute approximate surface area is 216 Å². The Balaban J connectivity index is 1.39. The molecular weight excluding hydrogens is 464 g/mol. The van der Waals surface area contributed by atoms with Gasteiger partial charge >= 0.3 is 0 Å². The quantitative estimate of drug-likeness (QED) is 0.419. The number of hydrogen-bond acceptors (Lipinski definition) is 7. The summed E-state index contributed by atoms with van der Waals surface area (Å²) < 4.78 is 2.10. The Morgan fingerprint density at radius 2 is 1.89 bits per heavy atom. The highest BCUT2D eigenvalue weighted by atomic mass is 16.1. The summed E-state index contributed by atoms with van der Waals surface area (Å²) in [4.78, 5) is 29.4. The molecule has 0 spiro atoms. The fourth-order valence-corrected chi connectivity index (χ4v) is 5.65. The predicted molar refractivity (Wildman–Crippen MR) is 140 cm³/mol. The second-order valence-corrected chi connectivity index (χ2v) is 9.69. The van der Waals surface area contributed by atoms with E-state index in [-0.39, 0.29) is 11.9 Å². The molecule has 1 atom stereocenters. The Hall–Kier alpha value is -4.14. The molecule has 0 saturated heterocycles. The first-order valence-electron chi connectivity index (χ1n) is 13.0. The van der Waals surface area contributed by atoms with Crippen molar-refractivity contribution in [3.05, 3.63) is 77.8 Å². The molecule has 2 aliphatic rings. The fraction of sp³-hybridized carbons (Fsp3) is 0.357. The summed E-state index contributed by atoms with van der Waals surface area (Å²) in [7, 11) is 0. The first-order valence-corrected chi connectivity index (χ1v) is 13.0. The number of anilines is 1. The van der Waals surface area contributed by atoms with E-state index in [1.54, 1.807) is 24.5 Å². The molecule has 1 aliphatic carbocycles. The summed E-state index contributed by atoms with van der Waals surface area (Å²) in [6.07, 6.45) is 11.1. The van der Waals surface area contributed by atoms with Gasteiger partial charge in [-0.15, -0.1) is 10.2 Å². The van der Waals surface area contributed by atoms with Gasteiger partial charge in [-0.2, -0.15) is 0 Å². The number of pyridine rings is 1. The van der Waals surface area contributed by atoms with Crippen molar-refractivity contribution in [2.45, 2.75) is 64.6 Å². The zero-order valence-corrected chi connectivity index (χ0v) is 21.1. The number of carbonyl (C=O) groups is 1. The molecule has 1 unspecified atom stereocenters. The number of amides is 1. The van der Waals surface area contributed by atoms with Gasteiger partial charge in [0.1, 0.15) is 11.5 Å². The maximum absolute atomic E-state index is 12.7. The Kier molecular flexibility index (Phi) is 6.12. The lowest BCUT2D eigenvalue weighted by Crippen LogP contribution is -2.42. The van der Waals surface area contributed by atoms with Gasteiger partial charge in [0, 0.05) is 41.7 Å². The van der Waals surface area contributed by atoms with E-state index < -0.39 is 0 Å². The molecule has 6 rings (SSSR count). The summed E-state index contributed by atoms with van der Waals surface area (Å²) in [5.74, 6) is 3.22. The van der Waals surface area contributed by atoms with Crippen LogP contribution >= 0.6 is 0 Å². The second kappa shape index (κ2) is 9.72. The normalized spacial score (nSPS) is 16.9. The minimum atomic E-state index is -0.129. The fourth-order valence-electron chi connectivity index (χ4n) is 5.65. The largest absolute Gasteiger partial charge is 0.348 e. The van der Waals surface area contributed by atoms with Crippen molar-refractivity contribution in [2.24, 2.45) is 0 Å². The Morgan fingerprint density at radius 1 is 1.08 bits per heavy atom. The topological polar surface area (TPSA) is 102 Å². The maximum atomic E-state index is 12.7. The third-order valence-electron chi connectivity index (χ3n) is 7.44. The molecule has 1 aromatic carbocycles. The van der Waals surface area contributed by atoms with Crippen molar-refractivity contribution in [3.8, 4) is 17.1 Å². The predicted octanol–water partition coefficient (Wildman–Crippen LogP) is 4.57. The number of carbonyl (C=O) groups excluding carboxylic acids is 1. The van der Waals surface area contributed by atoms with Gasteiger partial charge in [-0.1, -0.05) is 38.0 Å². The smallest absolute Gasteiger partial charge is 0.251 e. The number of fused-ring (bicyclic) bond motifs is 3. The molecule has 37 heavy (non-hydrogen) atoms. The standard InChI is InChI=1S/C28H30N8O/c1-3-23-27-34-33-18(2)35(27)24-17-30-25(32-26(24)36(23)21-11-7-8-12-21)22-13-14-29-15-20(22)16-31-28(37)19-9-5-4-6-10-19/h4-6,9-10,13-15,17,21,23H,3,7-8,11-12,16H2,1-2H3,(H,31,37). The van der Waals surface area contributed by atoms with Crippen molar-refractivity contribution in [1.82, 2.24) is 35.0 Å². The van der Waals surface area contributed by atoms with Crippen LogP contribution in [0.4, 0.5) is 5.82 Å². The molecule has 1 fully saturated rings. The summed E-state index contributed by atoms with van der Waals surface area (Å²) in [5, 5.41) is 12.0. The molecule has 1 amide bonds. The molecule has 1 aliphatic heterocycles. The van der Waals surface area contributed by atoms with Crippen LogP contribution < -0.4 is 10.2 Å². The van der Waals surface area contributed by atoms with Crippen LogP contribution in [0.5, 0.6) is 0 Å². The average molecular weight is 495 g/mol. The van der Waals surface area contributed by atoms with Crippen LogP contribution in [0.25, 0.3) is 17.1 Å². The van der Waals surface area contributed by atoms with Gasteiger partial charge in [-0.05, 0) is 44.4 Å². The van der Waals surface area contributed by atoms with Crippen LogP contribution in [0.3, 0.4) is 0 Å². The highest BCUT2D eigenvalue weighted by Gasteiger charge is 2.39. The molecule has 3 aromatic heterocycles. The summed E-state index contributed by atoms with van der Waals surface area (Å²) in [5.41, 5.74) is 3.27. The third kappa shape index (κ3) is 4.14. The van der Waals surface area contributed by atoms with Crippen LogP contribution in [-0.4, -0.2) is 41.7 Å². The summed E-state index contributed by atoms with van der Waals surface area (Å²) >= 11 is 0. The van der Waals surface area contributed by atoms with Crippen molar-refractivity contribution >= 4 is 11.7 Å². The lowest BCUT2D eigenvalue weighted by Gasteiger charge is -2.41. The van der Waals surface area contributed by atoms with Gasteiger partial charge in [-0.3, -0.25) is 14.3 Å². The Bertz CT molecular complexity index is 1430. The number of nitrogens with zero attached hydrogens (tertiary/aromatic N) is 7. The van der Waals surface area contributed by atoms with E-state index in [9.17, 15) is 4.79 Å². The van der Waals surface area contributed by atoms with Crippen molar-refractivity contribution in [1.29, 1.82) is 0 Å². The second-order valence-electron chi connectivity index (χ2n) is 9.69. The number of rotatable bonds is 6. The number of benzene rings is 1. The molecule has 0 radical (unpaired) electrons. The van der Waals surface area contributed by atoms with E-state index in [1.807, 2.05) is 37.4 Å². The van der Waals surface area contributed by atoms with Gasteiger partial charge in [0.2, 0.25) is 0 Å². The molecule has 4 heterocycles. The molecule has 0 bridgehead atoms. The highest BCUT2D eigenvalue weighted by Crippen LogP contribution is 2.43. The van der Waals surface area contributed by atoms with Crippen LogP contribution in [0.1, 0.15) is 72.6 Å². The molecule has 9 nitrogen and oxygen atoms in total. The van der Waals surface area contributed by atoms with Gasteiger partial charge in [-0.25, -0.2) is 9.97 Å². The Morgan fingerprint density at radius 3 is 2.68 bits per heavy atom. The third-order valence-corrected chi connectivity index (χ3v) is 7.44. The van der Waals surface area contributed by atoms with Crippen LogP contribution in [0.2, 0.25) is 0 Å². The molecule has 1 N–H and O–H groups in total. The van der Waals surface area contributed by atoms with Gasteiger partial charge < -0.3 is 10.2 Å². The van der Waals surface area contributed by atoms with Crippen molar-refractivity contribution in [2.75, 3.05) is 4.90 Å². The molecular formula is C28H30N8O. The summed E-state index contributed by atoms with van der Waals surface area (Å²) in [6, 6.07) is 11.7. The number of aromatic nitrogens is 6. The van der Waals surface area contributed by atoms with Crippen molar-refractivity contribution in [3.63, 3.8) is 0 Å². The minimum absolute atomic E-state index is 0.113. The number of aryl methyl sites for hydroxylation is 1. The van der Waals surface area contributed by atoms with E-state index in [1.165, 1.54) is 12.8 Å². The van der Waals surface area contributed by atoms with Gasteiger partial charge in [0.05, 0.1) is 12.2 Å². The first kappa shape index (κ1) is 23.3. The zero-order valence-electron chi connectivity index (χ0n) is 21.1. The minimum Gasteiger partial charge on any atom is -0.348 e. The highest BCUT2D eigenvalue weighted by molar-refractivity contribution is 5.94. The average Bonchev–Trinajstić information content (AvgIpc) is 3.61. The molecule has 1 saturated carbocycles. The molecule has 188 valence electrons. The number of nitrogens with one attached hydrogen (secondary N) is 1. The van der Waals surface area contributed by atoms with Crippen LogP contribution in [0.15, 0.2) is 55.0 Å². The number of hydrogen-bond donors (Lipinski definition) is 1. The summed E-state index contributed by atoms with van der Waals surface area (Å²) in [6.45, 7) is 4.50. The lowest BCUT2D eigenvalue weighted by molar-refractivity contribution is 0.0951. The monoisotopic (exact) mass is 494 g/mol. The van der Waals surface area contributed by atoms with E-state index in [4.69, 9.17) is 9.97 Å². The molecule has 9 heteroatoms. The maximum Gasteiger partial charge on any atom is 0.251 e. The lowest BCUT2D eigenvalue weighted by atomic mass is 10.0.